The second-order valence-electron chi connectivity index (χ2n) is 14.8. The number of allylic oxidation sites excluding steroid dienone is 1. The van der Waals surface area contributed by atoms with E-state index in [2.05, 4.69) is 12.7 Å². The molecule has 1 saturated carbocycles. The van der Waals surface area contributed by atoms with Crippen LogP contribution in [0.15, 0.2) is 102 Å². The van der Waals surface area contributed by atoms with E-state index in [0.29, 0.717) is 35.6 Å². The number of unbranched alkanes of at least 4 members (excludes halogenated alkanes) is 2. The minimum absolute atomic E-state index is 0.0259. The predicted octanol–water partition coefficient (Wildman–Crippen LogP) is 8.55. The van der Waals surface area contributed by atoms with Gasteiger partial charge < -0.3 is 38.9 Å². The first-order valence-corrected chi connectivity index (χ1v) is 20.4. The number of alkyl halides is 1. The van der Waals surface area contributed by atoms with Crippen LogP contribution >= 0.6 is 11.6 Å². The Hall–Kier alpha value is -4.42. The number of halogens is 2. The number of nitrogens with zero attached hydrogens (tertiary/aromatic N) is 2. The fraction of sp³-hybridized carbons (Fsp3) is 0.467. The molecule has 12 heteroatoms. The summed E-state index contributed by atoms with van der Waals surface area (Å²) in [6.07, 6.45) is 8.07. The third-order valence-electron chi connectivity index (χ3n) is 11.3. The number of benzene rings is 3. The van der Waals surface area contributed by atoms with E-state index in [1.807, 2.05) is 42.5 Å². The Morgan fingerprint density at radius 2 is 1.79 bits per heavy atom. The molecule has 10 nitrogen and oxygen atoms in total. The average molecular weight is 805 g/mol. The molecule has 3 aliphatic rings. The van der Waals surface area contributed by atoms with E-state index in [9.17, 15) is 19.4 Å². The van der Waals surface area contributed by atoms with Crippen molar-refractivity contribution in [2.45, 2.75) is 75.9 Å². The van der Waals surface area contributed by atoms with Gasteiger partial charge in [-0.3, -0.25) is 0 Å². The van der Waals surface area contributed by atoms with Crippen molar-refractivity contribution >= 4 is 23.4 Å². The van der Waals surface area contributed by atoms with Crippen LogP contribution in [0.2, 0.25) is 0 Å². The van der Waals surface area contributed by atoms with Gasteiger partial charge in [0.25, 0.3) is 0 Å². The van der Waals surface area contributed by atoms with Crippen LogP contribution in [0.5, 0.6) is 11.5 Å². The molecule has 0 spiro atoms. The van der Waals surface area contributed by atoms with Gasteiger partial charge in [-0.1, -0.05) is 78.7 Å². The normalized spacial score (nSPS) is 24.1. The van der Waals surface area contributed by atoms with Crippen molar-refractivity contribution in [1.29, 1.82) is 0 Å². The quantitative estimate of drug-likeness (QED) is 0.0505. The van der Waals surface area contributed by atoms with Crippen molar-refractivity contribution < 1.29 is 43.2 Å². The SMILES string of the molecule is C=CCO[C@@]12Oc3ccc(OCc4ccccc4F)cc3[C@H]3[C@H](CCCCO)[C@@H](CCCCO)C=C(C(=NOCc4ccccc4)C[C@@H]1N(C)C(=O)OCCCl)[C@H]32. The first-order valence-electron chi connectivity index (χ1n) is 19.9. The van der Waals surface area contributed by atoms with Gasteiger partial charge >= 0.3 is 6.09 Å². The maximum absolute atomic E-state index is 14.7. The fourth-order valence-electron chi connectivity index (χ4n) is 8.71. The lowest BCUT2D eigenvalue weighted by Gasteiger charge is -2.59. The molecular formula is C45H54ClFN2O8. The van der Waals surface area contributed by atoms with Crippen molar-refractivity contribution in [3.05, 3.63) is 120 Å². The number of aliphatic hydroxyl groups excluding tert-OH is 2. The summed E-state index contributed by atoms with van der Waals surface area (Å²) in [5, 5.41) is 24.5. The van der Waals surface area contributed by atoms with Gasteiger partial charge in [0, 0.05) is 43.7 Å². The number of ether oxygens (including phenoxy) is 4. The Morgan fingerprint density at radius 1 is 1.04 bits per heavy atom. The van der Waals surface area contributed by atoms with E-state index < -0.39 is 23.8 Å². The molecule has 0 aromatic heterocycles. The first-order chi connectivity index (χ1) is 27.8. The number of oxime groups is 1. The molecule has 0 unspecified atom stereocenters. The van der Waals surface area contributed by atoms with Gasteiger partial charge in [-0.15, -0.1) is 18.2 Å². The number of carbonyl (C=O) groups is 1. The van der Waals surface area contributed by atoms with Crippen LogP contribution in [-0.4, -0.2) is 78.1 Å². The molecule has 57 heavy (non-hydrogen) atoms. The van der Waals surface area contributed by atoms with E-state index >= 15 is 0 Å². The highest BCUT2D eigenvalue weighted by Crippen LogP contribution is 2.61. The van der Waals surface area contributed by atoms with Gasteiger partial charge in [-0.25, -0.2) is 9.18 Å². The van der Waals surface area contributed by atoms with E-state index in [0.717, 1.165) is 42.4 Å². The largest absolute Gasteiger partial charge is 0.489 e. The summed E-state index contributed by atoms with van der Waals surface area (Å²) < 4.78 is 40.5. The molecule has 1 fully saturated rings. The Bertz CT molecular complexity index is 1860. The highest BCUT2D eigenvalue weighted by atomic mass is 35.5. The first kappa shape index (κ1) is 42.2. The number of fused-ring (bicyclic) bond motifs is 2. The van der Waals surface area contributed by atoms with E-state index in [4.69, 9.17) is 40.5 Å². The molecule has 6 atom stereocenters. The van der Waals surface area contributed by atoms with Crippen molar-refractivity contribution in [3.63, 3.8) is 0 Å². The van der Waals surface area contributed by atoms with Crippen LogP contribution in [-0.2, 0) is 27.5 Å². The second-order valence-corrected chi connectivity index (χ2v) is 15.2. The molecular weight excluding hydrogens is 751 g/mol. The zero-order chi connectivity index (χ0) is 40.2. The van der Waals surface area contributed by atoms with E-state index in [1.54, 1.807) is 37.4 Å². The lowest BCUT2D eigenvalue weighted by Crippen LogP contribution is -2.69. The number of carbonyl (C=O) groups excluding carboxylic acids is 1. The summed E-state index contributed by atoms with van der Waals surface area (Å²) in [7, 11) is 1.67. The van der Waals surface area contributed by atoms with Crippen molar-refractivity contribution in [2.24, 2.45) is 22.9 Å². The van der Waals surface area contributed by atoms with Gasteiger partial charge in [0.05, 0.1) is 24.1 Å². The topological polar surface area (TPSA) is 119 Å². The van der Waals surface area contributed by atoms with Crippen LogP contribution < -0.4 is 9.47 Å². The number of hydrogen-bond acceptors (Lipinski definition) is 9. The zero-order valence-electron chi connectivity index (χ0n) is 32.6. The van der Waals surface area contributed by atoms with Crippen molar-refractivity contribution in [1.82, 2.24) is 4.90 Å². The van der Waals surface area contributed by atoms with E-state index in [-0.39, 0.29) is 75.5 Å². The van der Waals surface area contributed by atoms with Crippen LogP contribution in [0.1, 0.15) is 67.6 Å². The maximum atomic E-state index is 14.7. The molecule has 0 radical (unpaired) electrons. The summed E-state index contributed by atoms with van der Waals surface area (Å²) in [6.45, 7) is 4.56. The van der Waals surface area contributed by atoms with Crippen molar-refractivity contribution in [3.8, 4) is 11.5 Å². The molecule has 3 aromatic rings. The summed E-state index contributed by atoms with van der Waals surface area (Å²) in [4.78, 5) is 21.3. The van der Waals surface area contributed by atoms with Gasteiger partial charge in [0.1, 0.15) is 43.2 Å². The molecule has 3 aromatic carbocycles. The third-order valence-corrected chi connectivity index (χ3v) is 11.5. The summed E-state index contributed by atoms with van der Waals surface area (Å²) in [5.74, 6) is -1.17. The lowest BCUT2D eigenvalue weighted by atomic mass is 9.55. The smallest absolute Gasteiger partial charge is 0.410 e. The van der Waals surface area contributed by atoms with Crippen LogP contribution in [0.4, 0.5) is 9.18 Å². The summed E-state index contributed by atoms with van der Waals surface area (Å²) >= 11 is 5.94. The molecule has 0 saturated heterocycles. The lowest BCUT2D eigenvalue weighted by molar-refractivity contribution is -0.253. The van der Waals surface area contributed by atoms with Crippen LogP contribution in [0.25, 0.3) is 0 Å². The molecule has 2 aliphatic carbocycles. The Labute approximate surface area is 339 Å². The standard InChI is InChI=1S/C45H54ClFN2O8/c1-3-24-55-45-41(49(2)44(52)53-25-21-46)28-39(48-56-29-31-13-5-4-6-14-31)36-26-32(15-9-11-22-50)35(17-10-12-23-51)42(43(36)45)37-27-34(19-20-40(37)57-45)54-30-33-16-7-8-18-38(33)47/h3-8,13-14,16,18-20,26-27,32,35,41-43,50-51H,1,9-12,15,17,21-25,28-30H2,2H3/t32-,35+,41-,42+,43+,45+/m0/s1. The zero-order valence-corrected chi connectivity index (χ0v) is 33.3. The third kappa shape index (κ3) is 9.66. The molecule has 1 amide bonds. The Morgan fingerprint density at radius 3 is 2.53 bits per heavy atom. The Kier molecular flexibility index (Phi) is 15.0. The minimum atomic E-state index is -1.42. The maximum Gasteiger partial charge on any atom is 0.410 e. The molecule has 1 heterocycles. The number of hydrogen-bond donors (Lipinski definition) is 2. The fourth-order valence-corrected chi connectivity index (χ4v) is 8.79. The Balaban J connectivity index is 1.52. The summed E-state index contributed by atoms with van der Waals surface area (Å²) in [6, 6.07) is 21.2. The molecule has 0 bridgehead atoms. The van der Waals surface area contributed by atoms with Gasteiger partial charge in [-0.05, 0) is 72.9 Å². The van der Waals surface area contributed by atoms with Crippen molar-refractivity contribution in [2.75, 3.05) is 39.4 Å². The van der Waals surface area contributed by atoms with E-state index in [1.165, 1.54) is 11.0 Å². The second kappa shape index (κ2) is 20.3. The van der Waals surface area contributed by atoms with Gasteiger partial charge in [-0.2, -0.15) is 0 Å². The number of rotatable bonds is 20. The summed E-state index contributed by atoms with van der Waals surface area (Å²) in [5.41, 5.74) is 3.87. The van der Waals surface area contributed by atoms with Gasteiger partial charge in [0.2, 0.25) is 5.79 Å². The molecule has 6 rings (SSSR count). The number of aliphatic hydroxyl groups is 2. The highest BCUT2D eigenvalue weighted by Gasteiger charge is 2.65. The number of amides is 1. The van der Waals surface area contributed by atoms with Gasteiger partial charge in [0.15, 0.2) is 0 Å². The highest BCUT2D eigenvalue weighted by molar-refractivity contribution is 6.18. The van der Waals surface area contributed by atoms with Crippen LogP contribution in [0, 0.1) is 23.6 Å². The molecule has 2 N–H and O–H groups in total. The monoisotopic (exact) mass is 804 g/mol. The number of likely N-dealkylation sites (N-methyl/N-ethyl adjacent to an activating group) is 1. The average Bonchev–Trinajstić information content (AvgIpc) is 3.23. The molecule has 1 aliphatic heterocycles. The predicted molar refractivity (Wildman–Crippen MR) is 217 cm³/mol. The molecule has 306 valence electrons. The van der Waals surface area contributed by atoms with Crippen LogP contribution in [0.3, 0.4) is 0 Å². The minimum Gasteiger partial charge on any atom is -0.489 e.